The lowest BCUT2D eigenvalue weighted by Crippen LogP contribution is -1.66. The van der Waals surface area contributed by atoms with Crippen LogP contribution >= 0.6 is 8.58 Å². The Bertz CT molecular complexity index is 78.2. The molecule has 0 aromatic heterocycles. The molecule has 0 amide bonds. The quantitative estimate of drug-likeness (QED) is 0.462. The van der Waals surface area contributed by atoms with Crippen molar-refractivity contribution in [2.45, 2.75) is 20.8 Å². The molecule has 1 heteroatoms. The van der Waals surface area contributed by atoms with Gasteiger partial charge >= 0.3 is 0 Å². The molecule has 0 bridgehead atoms. The van der Waals surface area contributed by atoms with E-state index >= 15 is 0 Å². The second kappa shape index (κ2) is 3.21. The van der Waals surface area contributed by atoms with Crippen LogP contribution in [0.4, 0.5) is 0 Å². The van der Waals surface area contributed by atoms with E-state index in [1.54, 1.807) is 5.31 Å². The maximum absolute atomic E-state index is 2.21. The number of allylic oxidation sites excluding steroid dienone is 2. The van der Waals surface area contributed by atoms with Crippen LogP contribution in [0, 0.1) is 0 Å². The summed E-state index contributed by atoms with van der Waals surface area (Å²) in [6.45, 7) is 8.72. The summed E-state index contributed by atoms with van der Waals surface area (Å²) in [5, 5.41) is 1.54. The van der Waals surface area contributed by atoms with Crippen molar-refractivity contribution in [2.75, 3.05) is 6.66 Å². The first kappa shape index (κ1) is 7.17. The van der Waals surface area contributed by atoms with E-state index in [2.05, 4.69) is 27.4 Å². The standard InChI is InChI=1S/C6H13P/c1-5(2)6(3)7-4/h7H,1-4H3. The molecule has 0 saturated carbocycles. The van der Waals surface area contributed by atoms with Gasteiger partial charge in [0.05, 0.1) is 0 Å². The highest BCUT2D eigenvalue weighted by molar-refractivity contribution is 7.42. The van der Waals surface area contributed by atoms with Gasteiger partial charge in [-0.3, -0.25) is 0 Å². The summed E-state index contributed by atoms with van der Waals surface area (Å²) >= 11 is 0. The van der Waals surface area contributed by atoms with Gasteiger partial charge in [0.1, 0.15) is 0 Å². The zero-order valence-corrected chi connectivity index (χ0v) is 6.50. The molecule has 42 valence electrons. The molecule has 0 fully saturated rings. The minimum atomic E-state index is 0.992. The van der Waals surface area contributed by atoms with E-state index in [4.69, 9.17) is 0 Å². The van der Waals surface area contributed by atoms with E-state index in [1.165, 1.54) is 5.57 Å². The molecule has 0 N–H and O–H groups in total. The summed E-state index contributed by atoms with van der Waals surface area (Å²) in [6.07, 6.45) is 0. The van der Waals surface area contributed by atoms with Gasteiger partial charge in [-0.2, -0.15) is 0 Å². The Kier molecular flexibility index (Phi) is 3.29. The van der Waals surface area contributed by atoms with E-state index in [9.17, 15) is 0 Å². The van der Waals surface area contributed by atoms with Crippen LogP contribution in [0.25, 0.3) is 0 Å². The second-order valence-electron chi connectivity index (χ2n) is 1.88. The molecule has 0 aliphatic rings. The normalized spacial score (nSPS) is 10.3. The monoisotopic (exact) mass is 116 g/mol. The molecule has 0 nitrogen and oxygen atoms in total. The lowest BCUT2D eigenvalue weighted by atomic mass is 10.3. The first-order chi connectivity index (χ1) is 3.18. The molecule has 0 aliphatic carbocycles. The smallest absolute Gasteiger partial charge is 0.0397 e. The summed E-state index contributed by atoms with van der Waals surface area (Å²) < 4.78 is 0. The molecule has 7 heavy (non-hydrogen) atoms. The Labute approximate surface area is 47.8 Å². The van der Waals surface area contributed by atoms with Crippen LogP contribution in [0.3, 0.4) is 0 Å². The fourth-order valence-electron chi connectivity index (χ4n) is 0.250. The van der Waals surface area contributed by atoms with Gasteiger partial charge in [-0.15, -0.1) is 0 Å². The average molecular weight is 116 g/mol. The lowest BCUT2D eigenvalue weighted by Gasteiger charge is -1.94. The maximum atomic E-state index is 2.21. The highest BCUT2D eigenvalue weighted by Gasteiger charge is 1.82. The van der Waals surface area contributed by atoms with Crippen LogP contribution in [0.15, 0.2) is 10.9 Å². The van der Waals surface area contributed by atoms with Crippen molar-refractivity contribution in [3.63, 3.8) is 0 Å². The van der Waals surface area contributed by atoms with E-state index in [0.29, 0.717) is 0 Å². The first-order valence-electron chi connectivity index (χ1n) is 2.50. The van der Waals surface area contributed by atoms with Crippen LogP contribution in [0.2, 0.25) is 0 Å². The minimum Gasteiger partial charge on any atom is -0.0984 e. The SMILES string of the molecule is CPC(C)=C(C)C. The van der Waals surface area contributed by atoms with Crippen molar-refractivity contribution < 1.29 is 0 Å². The van der Waals surface area contributed by atoms with Crippen molar-refractivity contribution in [1.29, 1.82) is 0 Å². The van der Waals surface area contributed by atoms with E-state index in [-0.39, 0.29) is 0 Å². The van der Waals surface area contributed by atoms with Crippen molar-refractivity contribution in [2.24, 2.45) is 0 Å². The van der Waals surface area contributed by atoms with Crippen LogP contribution in [-0.2, 0) is 0 Å². The van der Waals surface area contributed by atoms with Gasteiger partial charge in [0.2, 0.25) is 0 Å². The third kappa shape index (κ3) is 2.82. The third-order valence-electron chi connectivity index (χ3n) is 1.12. The van der Waals surface area contributed by atoms with Gasteiger partial charge < -0.3 is 0 Å². The predicted molar refractivity (Wildman–Crippen MR) is 38.3 cm³/mol. The Hall–Kier alpha value is 0.170. The van der Waals surface area contributed by atoms with Crippen LogP contribution in [0.1, 0.15) is 20.8 Å². The molecule has 0 aromatic carbocycles. The Morgan fingerprint density at radius 2 is 1.57 bits per heavy atom. The van der Waals surface area contributed by atoms with Gasteiger partial charge in [0.25, 0.3) is 0 Å². The van der Waals surface area contributed by atoms with Gasteiger partial charge in [-0.25, -0.2) is 0 Å². The van der Waals surface area contributed by atoms with E-state index < -0.39 is 0 Å². The molecule has 0 heterocycles. The lowest BCUT2D eigenvalue weighted by molar-refractivity contribution is 1.34. The fourth-order valence-corrected chi connectivity index (χ4v) is 0.750. The molecular weight excluding hydrogens is 103 g/mol. The number of rotatable bonds is 1. The predicted octanol–water partition coefficient (Wildman–Crippen LogP) is 2.61. The third-order valence-corrected chi connectivity index (χ3v) is 2.38. The van der Waals surface area contributed by atoms with Crippen molar-refractivity contribution in [3.05, 3.63) is 10.9 Å². The average Bonchev–Trinajstić information content (AvgIpc) is 1.65. The highest BCUT2D eigenvalue weighted by Crippen LogP contribution is 2.20. The summed E-state index contributed by atoms with van der Waals surface area (Å²) in [4.78, 5) is 0. The first-order valence-corrected chi connectivity index (χ1v) is 4.00. The summed E-state index contributed by atoms with van der Waals surface area (Å²) in [5.74, 6) is 0. The van der Waals surface area contributed by atoms with Crippen LogP contribution in [0.5, 0.6) is 0 Å². The Balaban J connectivity index is 3.72. The Morgan fingerprint density at radius 1 is 1.14 bits per heavy atom. The minimum absolute atomic E-state index is 0.992. The molecular formula is C6H13P. The molecule has 1 atom stereocenters. The molecule has 0 radical (unpaired) electrons. The largest absolute Gasteiger partial charge is 0.0984 e. The van der Waals surface area contributed by atoms with Gasteiger partial charge in [-0.05, 0) is 27.4 Å². The highest BCUT2D eigenvalue weighted by atomic mass is 31.1. The second-order valence-corrected chi connectivity index (χ2v) is 3.12. The van der Waals surface area contributed by atoms with Gasteiger partial charge in [0.15, 0.2) is 0 Å². The van der Waals surface area contributed by atoms with Gasteiger partial charge in [-0.1, -0.05) is 19.5 Å². The summed E-state index contributed by atoms with van der Waals surface area (Å²) in [7, 11) is 0.992. The summed E-state index contributed by atoms with van der Waals surface area (Å²) in [5.41, 5.74) is 1.47. The van der Waals surface area contributed by atoms with Crippen molar-refractivity contribution in [1.82, 2.24) is 0 Å². The zero-order chi connectivity index (χ0) is 5.86. The molecule has 0 aliphatic heterocycles. The van der Waals surface area contributed by atoms with Crippen LogP contribution < -0.4 is 0 Å². The van der Waals surface area contributed by atoms with Gasteiger partial charge in [0, 0.05) is 0 Å². The number of hydrogen-bond donors (Lipinski definition) is 0. The maximum Gasteiger partial charge on any atom is -0.0397 e. The van der Waals surface area contributed by atoms with Crippen molar-refractivity contribution >= 4 is 8.58 Å². The number of hydrogen-bond acceptors (Lipinski definition) is 0. The topological polar surface area (TPSA) is 0 Å². The summed E-state index contributed by atoms with van der Waals surface area (Å²) in [6, 6.07) is 0. The molecule has 0 saturated heterocycles. The zero-order valence-electron chi connectivity index (χ0n) is 5.50. The van der Waals surface area contributed by atoms with E-state index in [0.717, 1.165) is 8.58 Å². The van der Waals surface area contributed by atoms with Crippen molar-refractivity contribution in [3.8, 4) is 0 Å². The van der Waals surface area contributed by atoms with Crippen LogP contribution in [-0.4, -0.2) is 6.66 Å². The molecule has 1 unspecified atom stereocenters. The molecule has 0 spiro atoms. The Morgan fingerprint density at radius 3 is 1.57 bits per heavy atom. The fraction of sp³-hybridized carbons (Fsp3) is 0.667. The van der Waals surface area contributed by atoms with E-state index in [1.807, 2.05) is 0 Å². The molecule has 0 rings (SSSR count). The molecule has 0 aromatic rings.